The summed E-state index contributed by atoms with van der Waals surface area (Å²) in [6.45, 7) is 0. The van der Waals surface area contributed by atoms with Crippen LogP contribution in [0.1, 0.15) is 32.1 Å². The van der Waals surface area contributed by atoms with Crippen LogP contribution in [0, 0.1) is 17.8 Å². The van der Waals surface area contributed by atoms with Crippen molar-refractivity contribution in [1.82, 2.24) is 4.98 Å². The number of nitrogens with one attached hydrogen (secondary N) is 1. The predicted octanol–water partition coefficient (Wildman–Crippen LogP) is 3.90. The minimum Gasteiger partial charge on any atom is -0.327 e. The summed E-state index contributed by atoms with van der Waals surface area (Å²) < 4.78 is 0. The molecule has 2 unspecified atom stereocenters. The lowest BCUT2D eigenvalue weighted by Gasteiger charge is -2.43. The van der Waals surface area contributed by atoms with Gasteiger partial charge in [0.25, 0.3) is 0 Å². The molecule has 2 aliphatic rings. The molecule has 3 N–H and O–H groups in total. The zero-order valence-electron chi connectivity index (χ0n) is 13.7. The van der Waals surface area contributed by atoms with Crippen molar-refractivity contribution in [1.29, 1.82) is 0 Å². The number of nitrogens with zero attached hydrogens (tertiary/aromatic N) is 1. The Morgan fingerprint density at radius 2 is 1.88 bits per heavy atom. The summed E-state index contributed by atoms with van der Waals surface area (Å²) in [5, 5.41) is 3.99. The number of aromatic nitrogens is 1. The van der Waals surface area contributed by atoms with Crippen molar-refractivity contribution < 1.29 is 4.79 Å². The van der Waals surface area contributed by atoms with Gasteiger partial charge >= 0.3 is 0 Å². The smallest absolute Gasteiger partial charge is 0.228 e. The topological polar surface area (TPSA) is 68.0 Å². The third-order valence-corrected chi connectivity index (χ3v) is 6.38. The number of fused-ring (bicyclic) bond motifs is 2. The van der Waals surface area contributed by atoms with E-state index in [-0.39, 0.29) is 11.8 Å². The fourth-order valence-electron chi connectivity index (χ4n) is 4.35. The second-order valence-corrected chi connectivity index (χ2v) is 7.94. The lowest BCUT2D eigenvalue weighted by molar-refractivity contribution is -0.122. The van der Waals surface area contributed by atoms with Gasteiger partial charge in [0.05, 0.1) is 5.51 Å². The molecule has 2 bridgehead atoms. The van der Waals surface area contributed by atoms with Gasteiger partial charge in [-0.3, -0.25) is 4.79 Å². The minimum atomic E-state index is 0.0887. The van der Waals surface area contributed by atoms with Gasteiger partial charge < -0.3 is 11.1 Å². The van der Waals surface area contributed by atoms with Crippen LogP contribution in [0.15, 0.2) is 35.8 Å². The Morgan fingerprint density at radius 1 is 1.17 bits per heavy atom. The van der Waals surface area contributed by atoms with Crippen molar-refractivity contribution in [2.24, 2.45) is 23.5 Å². The minimum absolute atomic E-state index is 0.0887. The van der Waals surface area contributed by atoms with Gasteiger partial charge in [-0.25, -0.2) is 4.98 Å². The molecular weight excluding hydrogens is 318 g/mol. The Bertz CT molecular complexity index is 700. The molecule has 1 amide bonds. The second kappa shape index (κ2) is 6.65. The van der Waals surface area contributed by atoms with Crippen LogP contribution >= 0.6 is 11.3 Å². The Hall–Kier alpha value is -1.72. The zero-order chi connectivity index (χ0) is 16.5. The van der Waals surface area contributed by atoms with E-state index in [1.165, 1.54) is 30.6 Å². The lowest BCUT2D eigenvalue weighted by atomic mass is 9.65. The molecule has 0 radical (unpaired) electrons. The highest BCUT2D eigenvalue weighted by Crippen LogP contribution is 2.42. The standard InChI is InChI=1S/C19H23N3OS/c20-16-13-7-4-8-14(16)10-15(9-13)18(23)22-19-17(21-11-24-19)12-5-2-1-3-6-12/h1-3,5-6,11,13-16H,4,7-10,20H2,(H,22,23). The number of rotatable bonds is 3. The van der Waals surface area contributed by atoms with E-state index in [4.69, 9.17) is 5.73 Å². The van der Waals surface area contributed by atoms with E-state index in [1.54, 1.807) is 5.51 Å². The molecule has 2 aromatic rings. The number of anilines is 1. The molecule has 4 nitrogen and oxygen atoms in total. The fourth-order valence-corrected chi connectivity index (χ4v) is 5.06. The number of hydrogen-bond donors (Lipinski definition) is 2. The van der Waals surface area contributed by atoms with Gasteiger partial charge in [-0.1, -0.05) is 36.8 Å². The monoisotopic (exact) mass is 341 g/mol. The van der Waals surface area contributed by atoms with Crippen LogP contribution in [0.25, 0.3) is 11.3 Å². The maximum absolute atomic E-state index is 12.8. The number of carbonyl (C=O) groups excluding carboxylic acids is 1. The van der Waals surface area contributed by atoms with Crippen LogP contribution in [-0.2, 0) is 4.79 Å². The van der Waals surface area contributed by atoms with Crippen LogP contribution in [0.4, 0.5) is 5.00 Å². The molecule has 1 aromatic carbocycles. The second-order valence-electron chi connectivity index (χ2n) is 7.08. The van der Waals surface area contributed by atoms with E-state index in [0.29, 0.717) is 17.9 Å². The number of carbonyl (C=O) groups is 1. The fraction of sp³-hybridized carbons (Fsp3) is 0.474. The van der Waals surface area contributed by atoms with Gasteiger partial charge in [-0.2, -0.15) is 0 Å². The molecule has 0 saturated heterocycles. The van der Waals surface area contributed by atoms with Crippen LogP contribution in [0.5, 0.6) is 0 Å². The molecular formula is C19H23N3OS. The van der Waals surface area contributed by atoms with Crippen molar-refractivity contribution >= 4 is 22.2 Å². The van der Waals surface area contributed by atoms with Crippen LogP contribution in [0.3, 0.4) is 0 Å². The molecule has 1 heterocycles. The van der Waals surface area contributed by atoms with E-state index >= 15 is 0 Å². The quantitative estimate of drug-likeness (QED) is 0.889. The van der Waals surface area contributed by atoms with Crippen LogP contribution in [-0.4, -0.2) is 16.9 Å². The van der Waals surface area contributed by atoms with Gasteiger partial charge in [-0.15, -0.1) is 11.3 Å². The van der Waals surface area contributed by atoms with Gasteiger partial charge in [0.1, 0.15) is 10.7 Å². The molecule has 4 rings (SSSR count). The normalized spacial score (nSPS) is 29.2. The van der Waals surface area contributed by atoms with Crippen molar-refractivity contribution in [3.8, 4) is 11.3 Å². The zero-order valence-corrected chi connectivity index (χ0v) is 14.5. The van der Waals surface area contributed by atoms with E-state index < -0.39 is 0 Å². The van der Waals surface area contributed by atoms with E-state index in [0.717, 1.165) is 29.1 Å². The highest BCUT2D eigenvalue weighted by molar-refractivity contribution is 7.14. The summed E-state index contributed by atoms with van der Waals surface area (Å²) in [5.41, 5.74) is 10.0. The summed E-state index contributed by atoms with van der Waals surface area (Å²) >= 11 is 1.49. The molecule has 1 aromatic heterocycles. The largest absolute Gasteiger partial charge is 0.327 e. The highest BCUT2D eigenvalue weighted by atomic mass is 32.1. The first-order valence-electron chi connectivity index (χ1n) is 8.77. The third kappa shape index (κ3) is 2.98. The van der Waals surface area contributed by atoms with Crippen molar-refractivity contribution in [2.75, 3.05) is 5.32 Å². The average Bonchev–Trinajstić information content (AvgIpc) is 3.03. The Morgan fingerprint density at radius 3 is 2.58 bits per heavy atom. The maximum atomic E-state index is 12.8. The van der Waals surface area contributed by atoms with Gasteiger partial charge in [0.15, 0.2) is 0 Å². The maximum Gasteiger partial charge on any atom is 0.228 e. The van der Waals surface area contributed by atoms with Crippen molar-refractivity contribution in [2.45, 2.75) is 38.1 Å². The van der Waals surface area contributed by atoms with E-state index in [9.17, 15) is 4.79 Å². The summed E-state index contributed by atoms with van der Waals surface area (Å²) in [4.78, 5) is 17.3. The van der Waals surface area contributed by atoms with E-state index in [1.807, 2.05) is 30.3 Å². The number of thiazole rings is 1. The molecule has 2 saturated carbocycles. The summed E-state index contributed by atoms with van der Waals surface area (Å²) in [5.74, 6) is 1.26. The summed E-state index contributed by atoms with van der Waals surface area (Å²) in [7, 11) is 0. The Labute approximate surface area is 146 Å². The number of nitrogens with two attached hydrogens (primary N) is 1. The molecule has 24 heavy (non-hydrogen) atoms. The number of amides is 1. The first-order chi connectivity index (χ1) is 11.7. The SMILES string of the molecule is NC1C2CCCC1CC(C(=O)Nc1scnc1-c1ccccc1)C2. The van der Waals surface area contributed by atoms with E-state index in [2.05, 4.69) is 10.3 Å². The van der Waals surface area contributed by atoms with Crippen molar-refractivity contribution in [3.63, 3.8) is 0 Å². The predicted molar refractivity (Wildman–Crippen MR) is 97.7 cm³/mol. The first kappa shape index (κ1) is 15.8. The molecule has 126 valence electrons. The Kier molecular flexibility index (Phi) is 4.37. The summed E-state index contributed by atoms with van der Waals surface area (Å²) in [6.07, 6.45) is 5.49. The summed E-state index contributed by atoms with van der Waals surface area (Å²) in [6, 6.07) is 10.3. The van der Waals surface area contributed by atoms with Gasteiger partial charge in [0.2, 0.25) is 5.91 Å². The highest BCUT2D eigenvalue weighted by Gasteiger charge is 2.40. The Balaban J connectivity index is 1.49. The third-order valence-electron chi connectivity index (χ3n) is 5.64. The van der Waals surface area contributed by atoms with Crippen LogP contribution in [0.2, 0.25) is 0 Å². The molecule has 0 aliphatic heterocycles. The van der Waals surface area contributed by atoms with Gasteiger partial charge in [-0.05, 0) is 37.5 Å². The lowest BCUT2D eigenvalue weighted by Crippen LogP contribution is -2.48. The molecule has 0 spiro atoms. The molecule has 2 aliphatic carbocycles. The first-order valence-corrected chi connectivity index (χ1v) is 9.65. The number of hydrogen-bond acceptors (Lipinski definition) is 4. The number of benzene rings is 1. The molecule has 2 atom stereocenters. The molecule has 2 fully saturated rings. The molecule has 5 heteroatoms. The van der Waals surface area contributed by atoms with Crippen LogP contribution < -0.4 is 11.1 Å². The van der Waals surface area contributed by atoms with Gasteiger partial charge in [0, 0.05) is 17.5 Å². The van der Waals surface area contributed by atoms with Crippen molar-refractivity contribution in [3.05, 3.63) is 35.8 Å². The average molecular weight is 341 g/mol.